The second-order valence-electron chi connectivity index (χ2n) is 8.12. The Balaban J connectivity index is 1.67. The molecule has 33 heavy (non-hydrogen) atoms. The molecule has 0 saturated carbocycles. The van der Waals surface area contributed by atoms with Crippen molar-refractivity contribution in [1.29, 1.82) is 0 Å². The van der Waals surface area contributed by atoms with E-state index in [2.05, 4.69) is 17.0 Å². The Kier molecular flexibility index (Phi) is 7.39. The largest absolute Gasteiger partial charge is 0.493 e. The number of H-pyrrole nitrogens is 1. The van der Waals surface area contributed by atoms with Crippen molar-refractivity contribution in [1.82, 2.24) is 24.6 Å². The van der Waals surface area contributed by atoms with Gasteiger partial charge in [0, 0.05) is 19.5 Å². The van der Waals surface area contributed by atoms with E-state index < -0.39 is 0 Å². The number of amides is 1. The lowest BCUT2D eigenvalue weighted by molar-refractivity contribution is -0.135. The van der Waals surface area contributed by atoms with Crippen LogP contribution in [0.25, 0.3) is 22.4 Å². The number of para-hydroxylation sites is 1. The zero-order valence-electron chi connectivity index (χ0n) is 19.3. The van der Waals surface area contributed by atoms with Crippen molar-refractivity contribution in [2.75, 3.05) is 32.9 Å². The van der Waals surface area contributed by atoms with Gasteiger partial charge in [0.2, 0.25) is 5.91 Å². The number of rotatable bonds is 9. The van der Waals surface area contributed by atoms with Gasteiger partial charge in [-0.2, -0.15) is 5.10 Å². The number of fused-ring (bicyclic) bond motifs is 1. The molecule has 0 spiro atoms. The van der Waals surface area contributed by atoms with Crippen molar-refractivity contribution >= 4 is 16.9 Å². The smallest absolute Gasteiger partial charge is 0.277 e. The lowest BCUT2D eigenvalue weighted by atomic mass is 10.1. The summed E-state index contributed by atoms with van der Waals surface area (Å²) >= 11 is 0. The number of aromatic amines is 1. The number of aromatic nitrogens is 4. The van der Waals surface area contributed by atoms with Crippen LogP contribution in [-0.2, 0) is 22.5 Å². The average molecular weight is 454 g/mol. The summed E-state index contributed by atoms with van der Waals surface area (Å²) in [5, 5.41) is 4.67. The molecule has 176 valence electrons. The molecule has 1 aliphatic heterocycles. The third-order valence-electron chi connectivity index (χ3n) is 5.66. The highest BCUT2D eigenvalue weighted by Crippen LogP contribution is 2.28. The summed E-state index contributed by atoms with van der Waals surface area (Å²) < 4.78 is 12.8. The molecule has 0 bridgehead atoms. The molecule has 1 saturated heterocycles. The summed E-state index contributed by atoms with van der Waals surface area (Å²) in [6, 6.07) is 7.56. The third-order valence-corrected chi connectivity index (χ3v) is 5.66. The van der Waals surface area contributed by atoms with Gasteiger partial charge in [0.1, 0.15) is 17.1 Å². The number of hydrogen-bond acceptors (Lipinski definition) is 6. The van der Waals surface area contributed by atoms with Gasteiger partial charge in [-0.3, -0.25) is 14.3 Å². The Morgan fingerprint density at radius 2 is 1.97 bits per heavy atom. The van der Waals surface area contributed by atoms with Gasteiger partial charge in [0.15, 0.2) is 5.52 Å². The predicted octanol–water partition coefficient (Wildman–Crippen LogP) is 2.78. The van der Waals surface area contributed by atoms with Crippen LogP contribution in [0.4, 0.5) is 0 Å². The maximum Gasteiger partial charge on any atom is 0.277 e. The van der Waals surface area contributed by atoms with Crippen LogP contribution in [0.5, 0.6) is 5.75 Å². The highest BCUT2D eigenvalue weighted by molar-refractivity contribution is 5.80. The van der Waals surface area contributed by atoms with Crippen molar-refractivity contribution in [2.24, 2.45) is 0 Å². The first-order valence-corrected chi connectivity index (χ1v) is 11.7. The molecule has 1 aliphatic rings. The Morgan fingerprint density at radius 1 is 1.18 bits per heavy atom. The number of nitrogens with zero attached hydrogens (tertiary/aromatic N) is 4. The van der Waals surface area contributed by atoms with Crippen molar-refractivity contribution in [3.8, 4) is 17.1 Å². The molecule has 0 atom stereocenters. The number of ether oxygens (including phenoxy) is 2. The third kappa shape index (κ3) is 5.08. The molecule has 3 heterocycles. The second kappa shape index (κ2) is 10.6. The van der Waals surface area contributed by atoms with Gasteiger partial charge < -0.3 is 19.4 Å². The standard InChI is InChI=1S/C24H31N5O4/c1-3-7-18-21-22(29(27-18)11-10-20(30)28-12-15-32-16-13-28)24(31)26-23(25-21)17-8-5-6-9-19(17)33-14-4-2/h5-6,8-9H,3-4,7,10-16H2,1-2H3,(H,25,26,31). The molecule has 1 aromatic carbocycles. The van der Waals surface area contributed by atoms with E-state index in [9.17, 15) is 9.59 Å². The number of morpholine rings is 1. The predicted molar refractivity (Wildman–Crippen MR) is 125 cm³/mol. The van der Waals surface area contributed by atoms with Crippen molar-refractivity contribution in [2.45, 2.75) is 46.1 Å². The van der Waals surface area contributed by atoms with E-state index >= 15 is 0 Å². The fraction of sp³-hybridized carbons (Fsp3) is 0.500. The van der Waals surface area contributed by atoms with Gasteiger partial charge >= 0.3 is 0 Å². The lowest BCUT2D eigenvalue weighted by Crippen LogP contribution is -2.41. The molecule has 1 amide bonds. The van der Waals surface area contributed by atoms with Crippen LogP contribution >= 0.6 is 0 Å². The zero-order valence-corrected chi connectivity index (χ0v) is 19.3. The van der Waals surface area contributed by atoms with Gasteiger partial charge in [-0.05, 0) is 25.0 Å². The number of hydrogen-bond donors (Lipinski definition) is 1. The molecule has 0 unspecified atom stereocenters. The lowest BCUT2D eigenvalue weighted by Gasteiger charge is -2.26. The minimum absolute atomic E-state index is 0.0435. The molecular formula is C24H31N5O4. The molecule has 1 fully saturated rings. The van der Waals surface area contributed by atoms with Crippen molar-refractivity contribution < 1.29 is 14.3 Å². The zero-order chi connectivity index (χ0) is 23.2. The second-order valence-corrected chi connectivity index (χ2v) is 8.12. The van der Waals surface area contributed by atoms with Crippen LogP contribution in [0.1, 0.15) is 38.8 Å². The van der Waals surface area contributed by atoms with Gasteiger partial charge in [0.25, 0.3) is 5.56 Å². The van der Waals surface area contributed by atoms with Crippen LogP contribution < -0.4 is 10.3 Å². The normalized spacial score (nSPS) is 14.1. The fourth-order valence-corrected chi connectivity index (χ4v) is 4.02. The number of benzene rings is 1. The molecule has 9 nitrogen and oxygen atoms in total. The Hall–Kier alpha value is -3.20. The topological polar surface area (TPSA) is 102 Å². The quantitative estimate of drug-likeness (QED) is 0.535. The minimum atomic E-state index is -0.269. The molecule has 1 N–H and O–H groups in total. The number of aryl methyl sites for hydroxylation is 2. The molecular weight excluding hydrogens is 422 g/mol. The van der Waals surface area contributed by atoms with Crippen molar-refractivity contribution in [3.63, 3.8) is 0 Å². The molecule has 9 heteroatoms. The van der Waals surface area contributed by atoms with E-state index in [1.54, 1.807) is 9.58 Å². The maximum atomic E-state index is 13.2. The summed E-state index contributed by atoms with van der Waals surface area (Å²) in [7, 11) is 0. The molecule has 3 aromatic rings. The molecule has 4 rings (SSSR count). The van der Waals surface area contributed by atoms with E-state index in [0.717, 1.165) is 24.1 Å². The Morgan fingerprint density at radius 3 is 2.73 bits per heavy atom. The van der Waals surface area contributed by atoms with Gasteiger partial charge in [-0.1, -0.05) is 32.4 Å². The maximum absolute atomic E-state index is 13.2. The number of carbonyl (C=O) groups is 1. The van der Waals surface area contributed by atoms with E-state index in [0.29, 0.717) is 68.5 Å². The van der Waals surface area contributed by atoms with E-state index in [1.807, 2.05) is 31.2 Å². The summed E-state index contributed by atoms with van der Waals surface area (Å²) in [5.41, 5.74) is 2.23. The number of carbonyl (C=O) groups excluding carboxylic acids is 1. The first-order chi connectivity index (χ1) is 16.1. The fourth-order valence-electron chi connectivity index (χ4n) is 4.02. The van der Waals surface area contributed by atoms with Crippen LogP contribution in [-0.4, -0.2) is 63.5 Å². The molecule has 0 aliphatic carbocycles. The summed E-state index contributed by atoms with van der Waals surface area (Å²) in [4.78, 5) is 35.3. The molecule has 2 aromatic heterocycles. The summed E-state index contributed by atoms with van der Waals surface area (Å²) in [5.74, 6) is 1.19. The highest BCUT2D eigenvalue weighted by atomic mass is 16.5. The highest BCUT2D eigenvalue weighted by Gasteiger charge is 2.21. The van der Waals surface area contributed by atoms with Crippen molar-refractivity contribution in [3.05, 3.63) is 40.3 Å². The van der Waals surface area contributed by atoms with Crippen LogP contribution in [0.15, 0.2) is 29.1 Å². The van der Waals surface area contributed by atoms with E-state index in [-0.39, 0.29) is 17.9 Å². The Bertz CT molecular complexity index is 1160. The van der Waals surface area contributed by atoms with Gasteiger partial charge in [-0.25, -0.2) is 4.98 Å². The summed E-state index contributed by atoms with van der Waals surface area (Å²) in [6.45, 7) is 7.35. The minimum Gasteiger partial charge on any atom is -0.493 e. The van der Waals surface area contributed by atoms with E-state index in [4.69, 9.17) is 14.5 Å². The molecule has 0 radical (unpaired) electrons. The average Bonchev–Trinajstić information content (AvgIpc) is 3.20. The Labute approximate surface area is 192 Å². The number of nitrogens with one attached hydrogen (secondary N) is 1. The van der Waals surface area contributed by atoms with Crippen LogP contribution in [0.3, 0.4) is 0 Å². The van der Waals surface area contributed by atoms with Crippen LogP contribution in [0.2, 0.25) is 0 Å². The van der Waals surface area contributed by atoms with Gasteiger partial charge in [0.05, 0.1) is 37.6 Å². The summed E-state index contributed by atoms with van der Waals surface area (Å²) in [6.07, 6.45) is 2.73. The SMILES string of the molecule is CCCOc1ccccc1-c1nc2c(CCC)nn(CCC(=O)N3CCOCC3)c2c(=O)[nH]1. The van der Waals surface area contributed by atoms with Gasteiger partial charge in [-0.15, -0.1) is 0 Å². The first kappa shape index (κ1) is 23.0. The first-order valence-electron chi connectivity index (χ1n) is 11.7. The monoisotopic (exact) mass is 453 g/mol. The van der Waals surface area contributed by atoms with Crippen LogP contribution in [0, 0.1) is 0 Å². The van der Waals surface area contributed by atoms with E-state index in [1.165, 1.54) is 0 Å².